The Labute approximate surface area is 151 Å². The molecule has 26 heavy (non-hydrogen) atoms. The third-order valence-corrected chi connectivity index (χ3v) is 4.50. The van der Waals surface area contributed by atoms with Crippen LogP contribution >= 0.6 is 0 Å². The number of carbonyl (C=O) groups is 1. The largest absolute Gasteiger partial charge is 0.342 e. The normalized spacial score (nSPS) is 12.4. The maximum absolute atomic E-state index is 12.9. The molecule has 0 fully saturated rings. The van der Waals surface area contributed by atoms with Crippen LogP contribution in [-0.4, -0.2) is 20.9 Å². The summed E-state index contributed by atoms with van der Waals surface area (Å²) < 4.78 is 0. The number of rotatable bonds is 3. The predicted octanol–water partition coefficient (Wildman–Crippen LogP) is 4.22. The Morgan fingerprint density at radius 1 is 1.04 bits per heavy atom. The van der Waals surface area contributed by atoms with Gasteiger partial charge in [0.2, 0.25) is 0 Å². The molecule has 2 aromatic carbocycles. The molecule has 5 heteroatoms. The van der Waals surface area contributed by atoms with Crippen molar-refractivity contribution in [2.45, 2.75) is 26.8 Å². The first-order chi connectivity index (χ1) is 12.5. The summed E-state index contributed by atoms with van der Waals surface area (Å²) in [5, 5.41) is 3.92. The number of H-pyrrole nitrogens is 1. The summed E-state index contributed by atoms with van der Waals surface area (Å²) in [5.74, 6) is 0.616. The van der Waals surface area contributed by atoms with Crippen molar-refractivity contribution >= 4 is 27.8 Å². The van der Waals surface area contributed by atoms with E-state index in [1.54, 1.807) is 0 Å². The molecule has 2 heterocycles. The van der Waals surface area contributed by atoms with E-state index >= 15 is 0 Å². The van der Waals surface area contributed by atoms with Crippen molar-refractivity contribution in [3.05, 3.63) is 71.2 Å². The van der Waals surface area contributed by atoms with Gasteiger partial charge in [-0.2, -0.15) is 0 Å². The van der Waals surface area contributed by atoms with E-state index in [0.717, 1.165) is 39.0 Å². The van der Waals surface area contributed by atoms with Gasteiger partial charge in [0.05, 0.1) is 28.2 Å². The number of amides is 1. The van der Waals surface area contributed by atoms with E-state index < -0.39 is 0 Å². The predicted molar refractivity (Wildman–Crippen MR) is 103 cm³/mol. The molecule has 5 nitrogen and oxygen atoms in total. The van der Waals surface area contributed by atoms with Crippen LogP contribution in [0, 0.1) is 13.8 Å². The van der Waals surface area contributed by atoms with E-state index in [9.17, 15) is 4.79 Å². The first-order valence-corrected chi connectivity index (χ1v) is 8.65. The van der Waals surface area contributed by atoms with Crippen LogP contribution in [0.25, 0.3) is 21.9 Å². The first kappa shape index (κ1) is 16.3. The van der Waals surface area contributed by atoms with Crippen molar-refractivity contribution in [1.29, 1.82) is 0 Å². The first-order valence-electron chi connectivity index (χ1n) is 8.65. The lowest BCUT2D eigenvalue weighted by atomic mass is 10.0. The fourth-order valence-electron chi connectivity index (χ4n) is 3.18. The molecule has 0 saturated heterocycles. The molecule has 0 saturated carbocycles. The fraction of sp³-hybridized carbons (Fsp3) is 0.190. The third kappa shape index (κ3) is 2.92. The van der Waals surface area contributed by atoms with Gasteiger partial charge in [0, 0.05) is 11.1 Å². The Balaban J connectivity index is 1.67. The monoisotopic (exact) mass is 344 g/mol. The van der Waals surface area contributed by atoms with Gasteiger partial charge >= 0.3 is 0 Å². The number of para-hydroxylation sites is 2. The fourth-order valence-corrected chi connectivity index (χ4v) is 3.18. The zero-order valence-electron chi connectivity index (χ0n) is 15.0. The molecule has 0 bridgehead atoms. The van der Waals surface area contributed by atoms with Gasteiger partial charge in [-0.15, -0.1) is 0 Å². The third-order valence-electron chi connectivity index (χ3n) is 4.50. The van der Waals surface area contributed by atoms with Gasteiger partial charge in [-0.05, 0) is 51.1 Å². The number of nitrogens with zero attached hydrogens (tertiary/aromatic N) is 2. The highest BCUT2D eigenvalue weighted by atomic mass is 16.1. The average Bonchev–Trinajstić information content (AvgIpc) is 3.05. The summed E-state index contributed by atoms with van der Waals surface area (Å²) in [6, 6.07) is 15.4. The molecule has 1 unspecified atom stereocenters. The highest BCUT2D eigenvalue weighted by Crippen LogP contribution is 2.21. The van der Waals surface area contributed by atoms with Crippen LogP contribution in [0.15, 0.2) is 48.5 Å². The van der Waals surface area contributed by atoms with E-state index in [1.807, 2.05) is 69.3 Å². The number of aromatic amines is 1. The SMILES string of the molecule is Cc1ccc2nc(C)cc(C(=O)NC(C)c3nc4ccccc4[nH]3)c2c1. The molecule has 0 radical (unpaired) electrons. The number of carbonyl (C=O) groups excluding carboxylic acids is 1. The number of hydrogen-bond donors (Lipinski definition) is 2. The van der Waals surface area contributed by atoms with Gasteiger partial charge in [-0.3, -0.25) is 9.78 Å². The van der Waals surface area contributed by atoms with Crippen LogP contribution in [0.3, 0.4) is 0 Å². The van der Waals surface area contributed by atoms with Gasteiger partial charge in [-0.25, -0.2) is 4.98 Å². The van der Waals surface area contributed by atoms with Crippen LogP contribution in [0.5, 0.6) is 0 Å². The Kier molecular flexibility index (Phi) is 3.92. The van der Waals surface area contributed by atoms with E-state index in [1.165, 1.54) is 0 Å². The number of hydrogen-bond acceptors (Lipinski definition) is 3. The van der Waals surface area contributed by atoms with Crippen LogP contribution in [-0.2, 0) is 0 Å². The van der Waals surface area contributed by atoms with Crippen molar-refractivity contribution < 1.29 is 4.79 Å². The van der Waals surface area contributed by atoms with Gasteiger partial charge in [0.15, 0.2) is 0 Å². The minimum Gasteiger partial charge on any atom is -0.342 e. The standard InChI is InChI=1S/C21H20N4O/c1-12-8-9-17-15(10-12)16(11-13(2)22-17)21(26)23-14(3)20-24-18-6-4-5-7-19(18)25-20/h4-11,14H,1-3H3,(H,23,26)(H,24,25). The molecular weight excluding hydrogens is 324 g/mol. The van der Waals surface area contributed by atoms with Crippen LogP contribution in [0.1, 0.15) is 40.4 Å². The Morgan fingerprint density at radius 3 is 2.65 bits per heavy atom. The lowest BCUT2D eigenvalue weighted by molar-refractivity contribution is 0.0940. The van der Waals surface area contributed by atoms with Crippen molar-refractivity contribution in [2.24, 2.45) is 0 Å². The minimum absolute atomic E-state index is 0.126. The van der Waals surface area contributed by atoms with Crippen LogP contribution < -0.4 is 5.32 Å². The number of aryl methyl sites for hydroxylation is 2. The molecule has 4 rings (SSSR count). The molecule has 4 aromatic rings. The summed E-state index contributed by atoms with van der Waals surface area (Å²) in [5.41, 5.74) is 5.25. The maximum Gasteiger partial charge on any atom is 0.252 e. The van der Waals surface area contributed by atoms with Crippen LogP contribution in [0.4, 0.5) is 0 Å². The van der Waals surface area contributed by atoms with Crippen molar-refractivity contribution in [3.8, 4) is 0 Å². The smallest absolute Gasteiger partial charge is 0.252 e. The van der Waals surface area contributed by atoms with E-state index in [0.29, 0.717) is 5.56 Å². The highest BCUT2D eigenvalue weighted by molar-refractivity contribution is 6.06. The Morgan fingerprint density at radius 2 is 1.85 bits per heavy atom. The van der Waals surface area contributed by atoms with E-state index in [4.69, 9.17) is 0 Å². The number of imidazole rings is 1. The van der Waals surface area contributed by atoms with Gasteiger partial charge < -0.3 is 10.3 Å². The van der Waals surface area contributed by atoms with Gasteiger partial charge in [-0.1, -0.05) is 23.8 Å². The van der Waals surface area contributed by atoms with Gasteiger partial charge in [0.1, 0.15) is 5.82 Å². The summed E-state index contributed by atoms with van der Waals surface area (Å²) >= 11 is 0. The molecule has 1 atom stereocenters. The highest BCUT2D eigenvalue weighted by Gasteiger charge is 2.17. The topological polar surface area (TPSA) is 70.7 Å². The zero-order valence-corrected chi connectivity index (χ0v) is 15.0. The second-order valence-electron chi connectivity index (χ2n) is 6.67. The lowest BCUT2D eigenvalue weighted by Crippen LogP contribution is -2.27. The molecule has 2 aromatic heterocycles. The number of benzene rings is 2. The molecule has 1 amide bonds. The second kappa shape index (κ2) is 6.26. The van der Waals surface area contributed by atoms with Crippen molar-refractivity contribution in [3.63, 3.8) is 0 Å². The average molecular weight is 344 g/mol. The quantitative estimate of drug-likeness (QED) is 0.584. The van der Waals surface area contributed by atoms with Gasteiger partial charge in [0.25, 0.3) is 5.91 Å². The second-order valence-corrected chi connectivity index (χ2v) is 6.67. The van der Waals surface area contributed by atoms with E-state index in [-0.39, 0.29) is 11.9 Å². The summed E-state index contributed by atoms with van der Waals surface area (Å²) in [6.07, 6.45) is 0. The molecule has 0 spiro atoms. The summed E-state index contributed by atoms with van der Waals surface area (Å²) in [4.78, 5) is 25.3. The van der Waals surface area contributed by atoms with E-state index in [2.05, 4.69) is 20.3 Å². The molecule has 130 valence electrons. The molecule has 2 N–H and O–H groups in total. The zero-order chi connectivity index (χ0) is 18.3. The number of pyridine rings is 1. The molecule has 0 aliphatic rings. The molecular formula is C21H20N4O. The van der Waals surface area contributed by atoms with Crippen molar-refractivity contribution in [2.75, 3.05) is 0 Å². The summed E-state index contributed by atoms with van der Waals surface area (Å²) in [6.45, 7) is 5.84. The molecule has 0 aliphatic carbocycles. The maximum atomic E-state index is 12.9. The van der Waals surface area contributed by atoms with Crippen LogP contribution in [0.2, 0.25) is 0 Å². The summed E-state index contributed by atoms with van der Waals surface area (Å²) in [7, 11) is 0. The minimum atomic E-state index is -0.233. The number of fused-ring (bicyclic) bond motifs is 2. The number of nitrogens with one attached hydrogen (secondary N) is 2. The number of aromatic nitrogens is 3. The Hall–Kier alpha value is -3.21. The van der Waals surface area contributed by atoms with Crippen molar-refractivity contribution in [1.82, 2.24) is 20.3 Å². The molecule has 0 aliphatic heterocycles. The Bertz CT molecular complexity index is 1100. The lowest BCUT2D eigenvalue weighted by Gasteiger charge is -2.13.